The maximum Gasteiger partial charge on any atom is 0.418 e. The quantitative estimate of drug-likeness (QED) is 0.442. The van der Waals surface area contributed by atoms with E-state index in [4.69, 9.17) is 4.42 Å². The summed E-state index contributed by atoms with van der Waals surface area (Å²) in [5.74, 6) is -1.22. The topological polar surface area (TPSA) is 83.4 Å². The van der Waals surface area contributed by atoms with Gasteiger partial charge in [-0.1, -0.05) is 15.9 Å². The van der Waals surface area contributed by atoms with E-state index in [1.165, 1.54) is 24.5 Å². The van der Waals surface area contributed by atoms with Crippen molar-refractivity contribution in [3.05, 3.63) is 76.7 Å². The van der Waals surface area contributed by atoms with Crippen molar-refractivity contribution in [3.8, 4) is 0 Å². The minimum Gasteiger partial charge on any atom is -0.459 e. The van der Waals surface area contributed by atoms with Crippen LogP contribution in [0.2, 0.25) is 0 Å². The molecule has 0 unspecified atom stereocenters. The summed E-state index contributed by atoms with van der Waals surface area (Å²) in [6, 6.07) is 12.9. The van der Waals surface area contributed by atoms with Crippen molar-refractivity contribution in [2.75, 3.05) is 22.5 Å². The lowest BCUT2D eigenvalue weighted by Gasteiger charge is -2.16. The summed E-state index contributed by atoms with van der Waals surface area (Å²) in [5.41, 5.74) is -0.855. The lowest BCUT2D eigenvalue weighted by Crippen LogP contribution is -2.23. The fraction of sp³-hybridized carbons (Fsp3) is 0.100. The van der Waals surface area contributed by atoms with Gasteiger partial charge in [0, 0.05) is 21.5 Å². The van der Waals surface area contributed by atoms with Crippen molar-refractivity contribution in [1.82, 2.24) is 0 Å². The maximum atomic E-state index is 13.5. The highest BCUT2D eigenvalue weighted by atomic mass is 79.9. The largest absolute Gasteiger partial charge is 0.459 e. The molecule has 0 aliphatic carbocycles. The summed E-state index contributed by atoms with van der Waals surface area (Å²) in [6.45, 7) is -0.378. The van der Waals surface area contributed by atoms with E-state index in [1.807, 2.05) is 0 Å². The molecular weight excluding hydrogens is 467 g/mol. The first-order valence-corrected chi connectivity index (χ1v) is 9.37. The predicted molar refractivity (Wildman–Crippen MR) is 109 cm³/mol. The third kappa shape index (κ3) is 5.63. The van der Waals surface area contributed by atoms with Crippen molar-refractivity contribution in [1.29, 1.82) is 0 Å². The number of carbonyl (C=O) groups excluding carboxylic acids is 2. The van der Waals surface area contributed by atoms with E-state index in [2.05, 4.69) is 31.9 Å². The number of benzene rings is 2. The zero-order valence-electron chi connectivity index (χ0n) is 15.2. The Labute approximate surface area is 177 Å². The van der Waals surface area contributed by atoms with Crippen LogP contribution in [-0.4, -0.2) is 18.4 Å². The van der Waals surface area contributed by atoms with E-state index >= 15 is 0 Å². The summed E-state index contributed by atoms with van der Waals surface area (Å²) < 4.78 is 46.2. The van der Waals surface area contributed by atoms with Gasteiger partial charge in [-0.2, -0.15) is 13.2 Å². The second kappa shape index (κ2) is 9.04. The van der Waals surface area contributed by atoms with Crippen LogP contribution in [0, 0.1) is 0 Å². The molecule has 10 heteroatoms. The summed E-state index contributed by atoms with van der Waals surface area (Å²) >= 11 is 3.27. The number of alkyl halides is 3. The molecule has 0 saturated heterocycles. The van der Waals surface area contributed by atoms with Crippen molar-refractivity contribution in [2.45, 2.75) is 6.18 Å². The molecule has 2 amide bonds. The molecule has 0 fully saturated rings. The van der Waals surface area contributed by atoms with E-state index in [0.717, 1.165) is 16.6 Å². The van der Waals surface area contributed by atoms with Crippen LogP contribution in [0.3, 0.4) is 0 Å². The Morgan fingerprint density at radius 1 is 0.967 bits per heavy atom. The molecule has 6 nitrogen and oxygen atoms in total. The summed E-state index contributed by atoms with van der Waals surface area (Å²) in [5, 5.41) is 7.41. The molecule has 156 valence electrons. The van der Waals surface area contributed by atoms with Gasteiger partial charge in [0.25, 0.3) is 5.91 Å². The molecule has 2 aromatic carbocycles. The van der Waals surface area contributed by atoms with Gasteiger partial charge in [0.05, 0.1) is 18.4 Å². The first-order valence-electron chi connectivity index (χ1n) is 8.58. The van der Waals surface area contributed by atoms with Crippen LogP contribution in [0.4, 0.5) is 30.2 Å². The van der Waals surface area contributed by atoms with Gasteiger partial charge in [0.2, 0.25) is 5.91 Å². The van der Waals surface area contributed by atoms with Gasteiger partial charge in [0.1, 0.15) is 0 Å². The highest BCUT2D eigenvalue weighted by Crippen LogP contribution is 2.36. The van der Waals surface area contributed by atoms with Crippen LogP contribution in [0.25, 0.3) is 0 Å². The third-order valence-corrected chi connectivity index (χ3v) is 4.42. The number of hydrogen-bond acceptors (Lipinski definition) is 4. The monoisotopic (exact) mass is 481 g/mol. The number of furan rings is 1. The van der Waals surface area contributed by atoms with Crippen LogP contribution in [0.1, 0.15) is 16.1 Å². The summed E-state index contributed by atoms with van der Waals surface area (Å²) in [7, 11) is 0. The zero-order valence-corrected chi connectivity index (χ0v) is 16.8. The molecule has 3 N–H and O–H groups in total. The van der Waals surface area contributed by atoms with Gasteiger partial charge in [-0.05, 0) is 54.6 Å². The Morgan fingerprint density at radius 2 is 1.67 bits per heavy atom. The lowest BCUT2D eigenvalue weighted by molar-refractivity contribution is -0.137. The number of carbonyl (C=O) groups is 2. The SMILES string of the molecule is O=C(CNc1ccc(NC(=O)c2ccco2)cc1C(F)(F)F)Nc1ccc(Br)cc1. The van der Waals surface area contributed by atoms with Crippen molar-refractivity contribution < 1.29 is 27.2 Å². The minimum atomic E-state index is -4.70. The van der Waals surface area contributed by atoms with E-state index in [0.29, 0.717) is 5.69 Å². The average Bonchev–Trinajstić information content (AvgIpc) is 3.23. The highest BCUT2D eigenvalue weighted by Gasteiger charge is 2.34. The van der Waals surface area contributed by atoms with Crippen molar-refractivity contribution >= 4 is 44.8 Å². The molecule has 1 heterocycles. The molecule has 0 aliphatic heterocycles. The molecule has 3 aromatic rings. The predicted octanol–water partition coefficient (Wildman–Crippen LogP) is 5.36. The van der Waals surface area contributed by atoms with Crippen molar-refractivity contribution in [2.24, 2.45) is 0 Å². The van der Waals surface area contributed by atoms with E-state index in [1.54, 1.807) is 24.3 Å². The molecule has 1 aromatic heterocycles. The number of anilines is 3. The summed E-state index contributed by atoms with van der Waals surface area (Å²) in [6.07, 6.45) is -3.42. The van der Waals surface area contributed by atoms with Crippen LogP contribution >= 0.6 is 15.9 Å². The van der Waals surface area contributed by atoms with Crippen LogP contribution in [-0.2, 0) is 11.0 Å². The Balaban J connectivity index is 1.69. The van der Waals surface area contributed by atoms with Gasteiger partial charge in [0.15, 0.2) is 5.76 Å². The van der Waals surface area contributed by atoms with Gasteiger partial charge in [-0.3, -0.25) is 9.59 Å². The van der Waals surface area contributed by atoms with Crippen LogP contribution in [0.15, 0.2) is 69.8 Å². The van der Waals surface area contributed by atoms with Crippen LogP contribution in [0.5, 0.6) is 0 Å². The number of rotatable bonds is 6. The first kappa shape index (κ1) is 21.4. The molecule has 0 saturated carbocycles. The Morgan fingerprint density at radius 3 is 2.30 bits per heavy atom. The molecule has 0 atom stereocenters. The highest BCUT2D eigenvalue weighted by molar-refractivity contribution is 9.10. The normalized spacial score (nSPS) is 11.1. The van der Waals surface area contributed by atoms with E-state index in [-0.39, 0.29) is 23.7 Å². The number of nitrogens with one attached hydrogen (secondary N) is 3. The fourth-order valence-electron chi connectivity index (χ4n) is 2.53. The number of hydrogen-bond donors (Lipinski definition) is 3. The third-order valence-electron chi connectivity index (χ3n) is 3.90. The standard InChI is InChI=1S/C20H15BrF3N3O3/c21-12-3-5-13(6-4-12)26-18(28)11-25-16-8-7-14(10-15(16)20(22,23)24)27-19(29)17-2-1-9-30-17/h1-10,25H,11H2,(H,26,28)(H,27,29). The number of amides is 2. The maximum absolute atomic E-state index is 13.5. The molecule has 30 heavy (non-hydrogen) atoms. The first-order chi connectivity index (χ1) is 14.2. The summed E-state index contributed by atoms with van der Waals surface area (Å²) in [4.78, 5) is 24.0. The Hall–Kier alpha value is -3.27. The van der Waals surface area contributed by atoms with Gasteiger partial charge in [-0.15, -0.1) is 0 Å². The van der Waals surface area contributed by atoms with E-state index in [9.17, 15) is 22.8 Å². The molecular formula is C20H15BrF3N3O3. The fourth-order valence-corrected chi connectivity index (χ4v) is 2.79. The molecule has 0 bridgehead atoms. The Bertz CT molecular complexity index is 1040. The van der Waals surface area contributed by atoms with Crippen LogP contribution < -0.4 is 16.0 Å². The molecule has 0 spiro atoms. The molecule has 0 radical (unpaired) electrons. The second-order valence-electron chi connectivity index (χ2n) is 6.10. The lowest BCUT2D eigenvalue weighted by atomic mass is 10.1. The zero-order chi connectivity index (χ0) is 21.7. The average molecular weight is 482 g/mol. The number of halogens is 4. The van der Waals surface area contributed by atoms with Crippen molar-refractivity contribution in [3.63, 3.8) is 0 Å². The Kier molecular flexibility index (Phi) is 6.46. The second-order valence-corrected chi connectivity index (χ2v) is 7.01. The van der Waals surface area contributed by atoms with Gasteiger partial charge >= 0.3 is 6.18 Å². The smallest absolute Gasteiger partial charge is 0.418 e. The molecule has 3 rings (SSSR count). The minimum absolute atomic E-state index is 0.0321. The van der Waals surface area contributed by atoms with Gasteiger partial charge in [-0.25, -0.2) is 0 Å². The van der Waals surface area contributed by atoms with Gasteiger partial charge < -0.3 is 20.4 Å². The molecule has 0 aliphatic rings. The van der Waals surface area contributed by atoms with E-state index < -0.39 is 23.6 Å².